The quantitative estimate of drug-likeness (QED) is 0.0202. The molecule has 2 N–H and O–H groups in total. The van der Waals surface area contributed by atoms with Crippen molar-refractivity contribution in [1.29, 1.82) is 0 Å². The van der Waals surface area contributed by atoms with E-state index in [1.54, 1.807) is 0 Å². The van der Waals surface area contributed by atoms with Gasteiger partial charge in [-0.25, -0.2) is 4.57 Å². The number of unbranched alkanes of at least 4 members (excludes halogenated alkanes) is 20. The summed E-state index contributed by atoms with van der Waals surface area (Å²) in [5.41, 5.74) is 0. The zero-order chi connectivity index (χ0) is 43.6. The number of phosphoric acid groups is 1. The summed E-state index contributed by atoms with van der Waals surface area (Å²) < 4.78 is 34.3. The molecular formula is C48H89NO9P+. The second-order valence-corrected chi connectivity index (χ2v) is 18.3. The molecule has 0 spiro atoms. The Balaban J connectivity index is 4.39. The normalized spacial score (nSPS) is 13.9. The molecule has 0 rings (SSSR count). The van der Waals surface area contributed by atoms with Gasteiger partial charge in [-0.15, -0.1) is 0 Å². The number of hydrogen-bond donors (Lipinski definition) is 2. The van der Waals surface area contributed by atoms with Crippen molar-refractivity contribution in [3.63, 3.8) is 0 Å². The van der Waals surface area contributed by atoms with Crippen LogP contribution in [0, 0.1) is 0 Å². The summed E-state index contributed by atoms with van der Waals surface area (Å²) in [5, 5.41) is 8.80. The predicted octanol–water partition coefficient (Wildman–Crippen LogP) is 12.4. The zero-order valence-corrected chi connectivity index (χ0v) is 39.1. The van der Waals surface area contributed by atoms with Crippen LogP contribution < -0.4 is 0 Å². The smallest absolute Gasteiger partial charge is 0.462 e. The Morgan fingerprint density at radius 2 is 1.00 bits per heavy atom. The maximum atomic E-state index is 12.7. The summed E-state index contributed by atoms with van der Waals surface area (Å²) in [7, 11) is 1.43. The van der Waals surface area contributed by atoms with E-state index in [0.717, 1.165) is 70.6 Å². The number of allylic oxidation sites excluding steroid dienone is 8. The molecule has 0 saturated carbocycles. The summed E-state index contributed by atoms with van der Waals surface area (Å²) in [6.45, 7) is 2.37. The molecule has 344 valence electrons. The third-order valence-electron chi connectivity index (χ3n) is 9.92. The van der Waals surface area contributed by atoms with Crippen LogP contribution in [0.3, 0.4) is 0 Å². The number of esters is 2. The van der Waals surface area contributed by atoms with E-state index in [4.69, 9.17) is 23.6 Å². The molecular weight excluding hydrogens is 766 g/mol. The van der Waals surface area contributed by atoms with Crippen LogP contribution in [-0.4, -0.2) is 86.6 Å². The van der Waals surface area contributed by atoms with E-state index in [9.17, 15) is 19.0 Å². The van der Waals surface area contributed by atoms with E-state index < -0.39 is 32.5 Å². The Morgan fingerprint density at radius 3 is 1.49 bits per heavy atom. The van der Waals surface area contributed by atoms with Gasteiger partial charge in [0.1, 0.15) is 19.8 Å². The van der Waals surface area contributed by atoms with Crippen LogP contribution in [0.1, 0.15) is 187 Å². The number of carbonyl (C=O) groups is 2. The second kappa shape index (κ2) is 41.3. The third kappa shape index (κ3) is 45.3. The first-order valence-electron chi connectivity index (χ1n) is 23.5. The van der Waals surface area contributed by atoms with Crippen molar-refractivity contribution in [2.24, 2.45) is 0 Å². The van der Waals surface area contributed by atoms with E-state index >= 15 is 0 Å². The van der Waals surface area contributed by atoms with Gasteiger partial charge in [0.2, 0.25) is 0 Å². The highest BCUT2D eigenvalue weighted by atomic mass is 31.2. The van der Waals surface area contributed by atoms with Crippen molar-refractivity contribution in [1.82, 2.24) is 0 Å². The van der Waals surface area contributed by atoms with Gasteiger partial charge in [-0.3, -0.25) is 18.6 Å². The van der Waals surface area contributed by atoms with Gasteiger partial charge in [0, 0.05) is 19.4 Å². The fourth-order valence-corrected chi connectivity index (χ4v) is 6.96. The fraction of sp³-hybridized carbons (Fsp3) is 0.792. The molecule has 11 heteroatoms. The molecule has 0 fully saturated rings. The standard InChI is InChI=1S/C48H88NO9P/c1-5-6-7-8-9-10-11-12-13-15-19-22-25-28-31-34-37-40-48(52)58-46(45-57-59(53,54)56-43-41-49(2,3)4)44-55-47(51)39-36-33-30-27-24-21-18-16-14-17-20-23-26-29-32-35-38-42-50/h14,17-18,21,23,26-27,30,46,50H,5-13,15-16,19-20,22,24-25,28-29,31-45H2,1-4H3/p+1/b17-14-,21-18-,26-23-,30-27-/t46-/m1/s1. The van der Waals surface area contributed by atoms with Gasteiger partial charge in [0.15, 0.2) is 6.10 Å². The SMILES string of the molecule is CCCCCCCCCCCCCCCCCCCC(=O)O[C@H](COC(=O)CCC/C=C\C/C=C\C/C=C\C/C=C\CCCCCO)COP(=O)(O)OCC[N+](C)(C)C. The number of phosphoric ester groups is 1. The van der Waals surface area contributed by atoms with E-state index in [2.05, 4.69) is 49.5 Å². The van der Waals surface area contributed by atoms with Crippen molar-refractivity contribution in [2.45, 2.75) is 193 Å². The molecule has 0 heterocycles. The average Bonchev–Trinajstić information content (AvgIpc) is 3.19. The first-order chi connectivity index (χ1) is 28.5. The van der Waals surface area contributed by atoms with Crippen LogP contribution in [0.25, 0.3) is 0 Å². The van der Waals surface area contributed by atoms with Crippen LogP contribution in [0.15, 0.2) is 48.6 Å². The lowest BCUT2D eigenvalue weighted by atomic mass is 10.0. The maximum absolute atomic E-state index is 12.7. The molecule has 10 nitrogen and oxygen atoms in total. The minimum absolute atomic E-state index is 0.0186. The number of rotatable bonds is 43. The lowest BCUT2D eigenvalue weighted by Crippen LogP contribution is -2.37. The summed E-state index contributed by atoms with van der Waals surface area (Å²) in [4.78, 5) is 35.4. The maximum Gasteiger partial charge on any atom is 0.472 e. The Bertz CT molecular complexity index is 1150. The van der Waals surface area contributed by atoms with Crippen molar-refractivity contribution < 1.29 is 47.2 Å². The topological polar surface area (TPSA) is 129 Å². The molecule has 0 aromatic heterocycles. The largest absolute Gasteiger partial charge is 0.472 e. The molecule has 0 aromatic rings. The Hall–Kier alpha value is -2.07. The molecule has 0 aliphatic carbocycles. The van der Waals surface area contributed by atoms with Crippen LogP contribution in [0.4, 0.5) is 0 Å². The molecule has 0 saturated heterocycles. The van der Waals surface area contributed by atoms with Crippen LogP contribution in [-0.2, 0) is 32.7 Å². The first kappa shape index (κ1) is 56.9. The van der Waals surface area contributed by atoms with E-state index in [1.807, 2.05) is 27.2 Å². The highest BCUT2D eigenvalue weighted by Gasteiger charge is 2.27. The number of aliphatic hydroxyl groups excluding tert-OH is 1. The molecule has 0 aliphatic heterocycles. The number of likely N-dealkylation sites (N-methyl/N-ethyl adjacent to an activating group) is 1. The number of carbonyl (C=O) groups excluding carboxylic acids is 2. The van der Waals surface area contributed by atoms with E-state index in [-0.39, 0.29) is 32.7 Å². The lowest BCUT2D eigenvalue weighted by molar-refractivity contribution is -0.870. The zero-order valence-electron chi connectivity index (χ0n) is 38.2. The molecule has 0 aromatic carbocycles. The molecule has 59 heavy (non-hydrogen) atoms. The Kier molecular flexibility index (Phi) is 39.8. The summed E-state index contributed by atoms with van der Waals surface area (Å²) in [5.74, 6) is -0.874. The summed E-state index contributed by atoms with van der Waals surface area (Å²) in [6.07, 6.45) is 46.0. The molecule has 1 unspecified atom stereocenters. The van der Waals surface area contributed by atoms with Crippen molar-refractivity contribution in [3.05, 3.63) is 48.6 Å². The molecule has 2 atom stereocenters. The second-order valence-electron chi connectivity index (χ2n) is 16.9. The van der Waals surface area contributed by atoms with E-state index in [0.29, 0.717) is 23.9 Å². The fourth-order valence-electron chi connectivity index (χ4n) is 6.22. The van der Waals surface area contributed by atoms with Gasteiger partial charge in [-0.05, 0) is 57.8 Å². The van der Waals surface area contributed by atoms with Gasteiger partial charge >= 0.3 is 19.8 Å². The molecule has 0 aliphatic rings. The van der Waals surface area contributed by atoms with Crippen molar-refractivity contribution >= 4 is 19.8 Å². The summed E-state index contributed by atoms with van der Waals surface area (Å²) in [6, 6.07) is 0. The van der Waals surface area contributed by atoms with Gasteiger partial charge in [0.05, 0.1) is 27.7 Å². The molecule has 0 radical (unpaired) electrons. The molecule has 0 amide bonds. The highest BCUT2D eigenvalue weighted by Crippen LogP contribution is 2.43. The monoisotopic (exact) mass is 855 g/mol. The van der Waals surface area contributed by atoms with Crippen molar-refractivity contribution in [2.75, 3.05) is 54.1 Å². The van der Waals surface area contributed by atoms with Gasteiger partial charge in [-0.1, -0.05) is 165 Å². The van der Waals surface area contributed by atoms with Crippen LogP contribution in [0.5, 0.6) is 0 Å². The minimum Gasteiger partial charge on any atom is -0.462 e. The highest BCUT2D eigenvalue weighted by molar-refractivity contribution is 7.47. The molecule has 0 bridgehead atoms. The number of hydrogen-bond acceptors (Lipinski definition) is 8. The first-order valence-corrected chi connectivity index (χ1v) is 25.0. The number of nitrogens with zero attached hydrogens (tertiary/aromatic N) is 1. The van der Waals surface area contributed by atoms with Gasteiger partial charge in [-0.2, -0.15) is 0 Å². The number of ether oxygens (including phenoxy) is 2. The Morgan fingerprint density at radius 1 is 0.559 bits per heavy atom. The van der Waals surface area contributed by atoms with Crippen LogP contribution in [0.2, 0.25) is 0 Å². The van der Waals surface area contributed by atoms with E-state index in [1.165, 1.54) is 83.5 Å². The Labute approximate surface area is 361 Å². The number of quaternary nitrogens is 1. The van der Waals surface area contributed by atoms with Crippen LogP contribution >= 0.6 is 7.82 Å². The van der Waals surface area contributed by atoms with Crippen molar-refractivity contribution in [3.8, 4) is 0 Å². The predicted molar refractivity (Wildman–Crippen MR) is 244 cm³/mol. The number of aliphatic hydroxyl groups is 1. The van der Waals surface area contributed by atoms with Gasteiger partial charge in [0.25, 0.3) is 0 Å². The third-order valence-corrected chi connectivity index (χ3v) is 10.9. The summed E-state index contributed by atoms with van der Waals surface area (Å²) >= 11 is 0. The van der Waals surface area contributed by atoms with Gasteiger partial charge < -0.3 is 24.0 Å². The lowest BCUT2D eigenvalue weighted by Gasteiger charge is -2.24. The minimum atomic E-state index is -4.39. The average molecular weight is 855 g/mol.